The zero-order chi connectivity index (χ0) is 73.1. The van der Waals surface area contributed by atoms with Gasteiger partial charge in [-0.1, -0.05) is 35.3 Å². The van der Waals surface area contributed by atoms with E-state index in [1.165, 1.54) is 24.3 Å². The average molecular weight is 1750 g/mol. The van der Waals surface area contributed by atoms with Crippen LogP contribution in [-0.2, 0) is 69.8 Å². The summed E-state index contributed by atoms with van der Waals surface area (Å²) in [6, 6.07) is 13.9. The van der Waals surface area contributed by atoms with Crippen molar-refractivity contribution in [3.8, 4) is 23.0 Å². The van der Waals surface area contributed by atoms with Gasteiger partial charge >= 0.3 is 15.2 Å². The van der Waals surface area contributed by atoms with E-state index in [9.17, 15) is 107 Å². The van der Waals surface area contributed by atoms with Crippen molar-refractivity contribution in [1.29, 1.82) is 0 Å². The van der Waals surface area contributed by atoms with Gasteiger partial charge in [0, 0.05) is 177 Å². The third-order valence-electron chi connectivity index (χ3n) is 13.2. The molecule has 0 aliphatic carbocycles. The Morgan fingerprint density at radius 2 is 0.726 bits per heavy atom. The first kappa shape index (κ1) is 94.1. The fourth-order valence-electron chi connectivity index (χ4n) is 9.20. The van der Waals surface area contributed by atoms with Crippen LogP contribution < -0.4 is 63.9 Å². The van der Waals surface area contributed by atoms with Crippen molar-refractivity contribution in [3.05, 3.63) is 151 Å². The molecule has 9 aromatic rings. The van der Waals surface area contributed by atoms with E-state index in [1.807, 2.05) is 0 Å². The molecule has 58 heteroatoms. The summed E-state index contributed by atoms with van der Waals surface area (Å²) in [5.74, 6) is -3.36. The number of ether oxygens (including phenoxy) is 2. The number of rotatable bonds is 16. The van der Waals surface area contributed by atoms with Gasteiger partial charge in [0.15, 0.2) is 32.8 Å². The Morgan fingerprint density at radius 3 is 1.03 bits per heavy atom. The van der Waals surface area contributed by atoms with Crippen molar-refractivity contribution >= 4 is 367 Å². The second-order valence-electron chi connectivity index (χ2n) is 19.9. The Balaban J connectivity index is 0.00000336. The first-order valence-electron chi connectivity index (χ1n) is 25.9. The van der Waals surface area contributed by atoms with Crippen LogP contribution in [0.3, 0.4) is 0 Å². The monoisotopic (exact) mass is 1750 g/mol. The van der Waals surface area contributed by atoms with E-state index < -0.39 is 238 Å². The molecule has 2 aliphatic heterocycles. The maximum atomic E-state index is 13.4. The van der Waals surface area contributed by atoms with Gasteiger partial charge in [-0.25, -0.2) is 30.0 Å². The zero-order valence-corrected chi connectivity index (χ0v) is 75.4. The number of nitrogens with zero attached hydrogens (tertiary/aromatic N) is 8. The van der Waals surface area contributed by atoms with E-state index in [2.05, 4.69) is 70.5 Å². The normalized spacial score (nSPS) is 13.4. The van der Waals surface area contributed by atoms with E-state index in [0.717, 1.165) is 48.5 Å². The summed E-state index contributed by atoms with van der Waals surface area (Å²) in [5, 5.41) is -0.108. The number of aromatic nitrogens is 6. The first-order chi connectivity index (χ1) is 46.2. The van der Waals surface area contributed by atoms with Crippen molar-refractivity contribution in [3.63, 3.8) is 0 Å². The van der Waals surface area contributed by atoms with Crippen molar-refractivity contribution < 1.29 is 116 Å². The minimum atomic E-state index is -5.71. The largest absolute Gasteiger partial charge is 0.450 e. The van der Waals surface area contributed by atoms with Gasteiger partial charge in [0.05, 0.1) is 56.1 Å². The van der Waals surface area contributed by atoms with Crippen LogP contribution in [0.15, 0.2) is 156 Å². The number of fused-ring (bicyclic) bond motifs is 4. The third kappa shape index (κ3) is 21.3. The Bertz CT molecular complexity index is 6100. The number of benzene rings is 7. The SMILES string of the molecule is O=P(O)(O)c1cccc(N=c2nc(Cl)[nH]c(=Nc3cc(S(=O)(=O)O)c(Nc4ccc5c(c4S(=O)(=O)O)Oc4c(Cl)c6c(c(Cl)c4=N5)Oc4c(ccc(Nc5cc(S(=O)(=O)O)c(N=c7[nH]c(Cl)nc(=Nc8cccc(P(=O)(O)O)c8)[nH]7)cc5S(=O)(=O)O)c4S(=O)(=O)O)N=6)cc3S(=O)(=O)O)[nH]2)c1.[Na].[Na].[Na].[Na].[Na].[Na]. The minimum absolute atomic E-state index is 0. The standard InChI is InChI=1S/C48H32Cl4N14O26P2S6.6Na/c49-33-36-40(92-38-22(58-36)8-10-24(42(38)100(88,89)90)56-26-14-32(98(82,83)84)28(16-30(26)96(76,77)78)60-48-64-44(52)62-46(66-48)54-18-4-2-6-20(12-18)94(70,71)72)34(50)35-39(33)91-37-21(57-35)7-9-23(41(37)99(85,86)87)55-25-13-31(97(79,80)81)27(15-29(25)95(73,74)75)59-47-63-43(51)61-45(65-47)53-17-3-1-5-19(11-17)93(67,68)69;;;;;;/h1-16,55-56H,(H2,67,68,69)(H2,70,71,72)(H,73,74,75)(H,76,77,78)(H,79,80,81)(H,82,83,84)(H,85,86,87)(H,88,89,90)(H2,53,59,61,63,65)(H2,54,60,62,64,66);;;;;;. The van der Waals surface area contributed by atoms with Crippen molar-refractivity contribution in [1.82, 2.24) is 29.9 Å². The van der Waals surface area contributed by atoms with Crippen LogP contribution in [0, 0.1) is 0 Å². The van der Waals surface area contributed by atoms with Crippen LogP contribution in [-0.4, -0.2) is 305 Å². The van der Waals surface area contributed by atoms with Crippen LogP contribution in [0.25, 0.3) is 0 Å². The second-order valence-corrected chi connectivity index (χ2v) is 32.9. The number of halogens is 4. The molecule has 0 spiro atoms. The molecule has 4 heterocycles. The molecule has 2 aliphatic rings. The summed E-state index contributed by atoms with van der Waals surface area (Å²) in [6.45, 7) is 0. The molecule has 16 N–H and O–H groups in total. The second kappa shape index (κ2) is 35.1. The third-order valence-corrected chi connectivity index (χ3v) is 21.5. The Labute approximate surface area is 745 Å². The van der Waals surface area contributed by atoms with Crippen LogP contribution in [0.4, 0.5) is 56.9 Å². The molecule has 0 amide bonds. The van der Waals surface area contributed by atoms with Gasteiger partial charge in [-0.15, -0.1) is 0 Å². The molecule has 106 heavy (non-hydrogen) atoms. The molecule has 530 valence electrons. The molecule has 40 nitrogen and oxygen atoms in total. The molecule has 0 unspecified atom stereocenters. The predicted molar refractivity (Wildman–Crippen MR) is 377 cm³/mol. The molecule has 11 rings (SSSR count). The number of H-pyrrole nitrogens is 4. The van der Waals surface area contributed by atoms with Crippen molar-refractivity contribution in [2.75, 3.05) is 10.6 Å². The number of anilines is 4. The quantitative estimate of drug-likeness (QED) is 0.0372. The van der Waals surface area contributed by atoms with E-state index in [4.69, 9.17) is 55.9 Å². The first-order valence-corrected chi connectivity index (χ1v) is 39.2. The molecule has 0 fully saturated rings. The van der Waals surface area contributed by atoms with Gasteiger partial charge in [-0.3, -0.25) is 46.4 Å². The number of hydrogen-bond acceptors (Lipinski definition) is 26. The van der Waals surface area contributed by atoms with Gasteiger partial charge in [-0.05, 0) is 108 Å². The molecule has 0 saturated heterocycles. The number of aromatic amines is 4. The molecule has 2 aromatic heterocycles. The average Bonchev–Trinajstić information content (AvgIpc) is 0.724. The fraction of sp³-hybridized carbons (Fsp3) is 0. The zero-order valence-electron chi connectivity index (χ0n) is 53.7. The van der Waals surface area contributed by atoms with E-state index >= 15 is 0 Å². The smallest absolute Gasteiger partial charge is 0.356 e. The minimum Gasteiger partial charge on any atom is -0.450 e. The van der Waals surface area contributed by atoms with Crippen molar-refractivity contribution in [2.24, 2.45) is 30.0 Å². The fourth-order valence-corrected chi connectivity index (χ4v) is 15.3. The molecule has 6 radical (unpaired) electrons. The predicted octanol–water partition coefficient (Wildman–Crippen LogP) is 1.73. The molecular formula is C48H32Cl4N14Na6O26P2S6. The van der Waals surface area contributed by atoms with Gasteiger partial charge in [0.2, 0.25) is 33.0 Å². The van der Waals surface area contributed by atoms with Crippen LogP contribution >= 0.6 is 61.6 Å². The van der Waals surface area contributed by atoms with Crippen LogP contribution in [0.1, 0.15) is 0 Å². The summed E-state index contributed by atoms with van der Waals surface area (Å²) in [7, 11) is -43.3. The molecule has 0 bridgehead atoms. The van der Waals surface area contributed by atoms with Crippen LogP contribution in [0.2, 0.25) is 20.6 Å². The summed E-state index contributed by atoms with van der Waals surface area (Å²) in [6.07, 6.45) is 0. The summed E-state index contributed by atoms with van der Waals surface area (Å²) >= 11 is 25.9. The van der Waals surface area contributed by atoms with E-state index in [1.54, 1.807) is 0 Å². The van der Waals surface area contributed by atoms with Gasteiger partial charge in [0.25, 0.3) is 60.7 Å². The summed E-state index contributed by atoms with van der Waals surface area (Å²) in [5.41, 5.74) is -9.49. The van der Waals surface area contributed by atoms with Crippen LogP contribution in [0.5, 0.6) is 23.0 Å². The van der Waals surface area contributed by atoms with Gasteiger partial charge in [0.1, 0.15) is 51.7 Å². The molecular weight excluding hydrogens is 1720 g/mol. The van der Waals surface area contributed by atoms with Gasteiger partial charge < -0.3 is 49.6 Å². The number of hydrogen-bond donors (Lipinski definition) is 16. The van der Waals surface area contributed by atoms with E-state index in [-0.39, 0.29) is 189 Å². The molecule has 0 atom stereocenters. The van der Waals surface area contributed by atoms with Crippen molar-refractivity contribution in [2.45, 2.75) is 29.4 Å². The summed E-state index contributed by atoms with van der Waals surface area (Å²) < 4.78 is 257. The van der Waals surface area contributed by atoms with Gasteiger partial charge in [-0.2, -0.15) is 60.5 Å². The Hall–Kier alpha value is -2.52. The summed E-state index contributed by atoms with van der Waals surface area (Å²) in [4.78, 5) is 72.3. The number of nitrogens with one attached hydrogen (secondary N) is 6. The van der Waals surface area contributed by atoms with E-state index in [0.29, 0.717) is 24.3 Å². The molecule has 7 aromatic carbocycles. The Kier molecular flexibility index (Phi) is 31.1. The molecule has 0 saturated carbocycles. The maximum Gasteiger partial charge on any atom is 0.356 e. The maximum absolute atomic E-state index is 13.4. The Morgan fingerprint density at radius 1 is 0.396 bits per heavy atom. The topological polar surface area (TPSA) is 647 Å².